The van der Waals surface area contributed by atoms with Gasteiger partial charge in [0.25, 0.3) is 0 Å². The molecule has 1 saturated carbocycles. The standard InChI is InChI=1S/C19H19F3N4O4S/c20-19(21,22)30-12-3-1-10(2-4-12)7-31-18-14-17(23-8-24-18)26(9-25-14)13-5-11(6-27)15(28)16(13)29/h1-4,8-9,11,13,15-16,27-29H,5-7H2/t11-,13-,15-,16+/m1/s1. The molecular weight excluding hydrogens is 437 g/mol. The highest BCUT2D eigenvalue weighted by Crippen LogP contribution is 2.37. The van der Waals surface area contributed by atoms with E-state index in [0.29, 0.717) is 28.4 Å². The maximum Gasteiger partial charge on any atom is 0.573 e. The molecule has 1 aliphatic rings. The number of aliphatic hydroxyl groups excluding tert-OH is 3. The van der Waals surface area contributed by atoms with Crippen LogP contribution in [0.3, 0.4) is 0 Å². The Balaban J connectivity index is 1.50. The van der Waals surface area contributed by atoms with Crippen LogP contribution in [0.2, 0.25) is 0 Å². The van der Waals surface area contributed by atoms with Crippen molar-refractivity contribution in [2.45, 2.75) is 41.8 Å². The molecule has 4 atom stereocenters. The first-order valence-corrected chi connectivity index (χ1v) is 10.4. The number of thioether (sulfide) groups is 1. The summed E-state index contributed by atoms with van der Waals surface area (Å²) in [6.07, 6.45) is -3.56. The highest BCUT2D eigenvalue weighted by molar-refractivity contribution is 7.98. The number of ether oxygens (including phenoxy) is 1. The third-order valence-corrected chi connectivity index (χ3v) is 6.27. The number of benzene rings is 1. The zero-order valence-corrected chi connectivity index (χ0v) is 16.8. The minimum Gasteiger partial charge on any atom is -0.406 e. The highest BCUT2D eigenvalue weighted by atomic mass is 32.2. The van der Waals surface area contributed by atoms with Gasteiger partial charge in [-0.25, -0.2) is 15.0 Å². The molecule has 0 unspecified atom stereocenters. The van der Waals surface area contributed by atoms with Crippen molar-refractivity contribution in [2.75, 3.05) is 6.61 Å². The van der Waals surface area contributed by atoms with Gasteiger partial charge in [-0.15, -0.1) is 13.2 Å². The molecule has 0 saturated heterocycles. The third kappa shape index (κ3) is 4.61. The number of imidazole rings is 1. The van der Waals surface area contributed by atoms with Crippen LogP contribution in [-0.2, 0) is 5.75 Å². The fourth-order valence-corrected chi connectivity index (χ4v) is 4.57. The van der Waals surface area contributed by atoms with Crippen LogP contribution in [0.15, 0.2) is 41.9 Å². The molecule has 2 aromatic heterocycles. The fraction of sp³-hybridized carbons (Fsp3) is 0.421. The number of aromatic nitrogens is 4. The lowest BCUT2D eigenvalue weighted by atomic mass is 10.1. The summed E-state index contributed by atoms with van der Waals surface area (Å²) in [7, 11) is 0. The first kappa shape index (κ1) is 21.8. The van der Waals surface area contributed by atoms with Gasteiger partial charge in [0.2, 0.25) is 0 Å². The van der Waals surface area contributed by atoms with Gasteiger partial charge in [-0.05, 0) is 24.1 Å². The van der Waals surface area contributed by atoms with Crippen molar-refractivity contribution in [3.63, 3.8) is 0 Å². The number of hydrogen-bond acceptors (Lipinski definition) is 8. The molecule has 3 aromatic rings. The number of aliphatic hydroxyl groups is 3. The van der Waals surface area contributed by atoms with E-state index in [1.807, 2.05) is 0 Å². The number of fused-ring (bicyclic) bond motifs is 1. The maximum atomic E-state index is 12.3. The molecular formula is C19H19F3N4O4S. The molecule has 0 amide bonds. The Bertz CT molecular complexity index is 1050. The molecule has 31 heavy (non-hydrogen) atoms. The first-order chi connectivity index (χ1) is 14.8. The van der Waals surface area contributed by atoms with Crippen LogP contribution in [0, 0.1) is 5.92 Å². The van der Waals surface area contributed by atoms with Gasteiger partial charge >= 0.3 is 6.36 Å². The molecule has 0 radical (unpaired) electrons. The lowest BCUT2D eigenvalue weighted by Gasteiger charge is -2.18. The quantitative estimate of drug-likeness (QED) is 0.383. The zero-order chi connectivity index (χ0) is 22.2. The Morgan fingerprint density at radius 2 is 1.84 bits per heavy atom. The summed E-state index contributed by atoms with van der Waals surface area (Å²) in [4.78, 5) is 12.9. The van der Waals surface area contributed by atoms with Crippen molar-refractivity contribution >= 4 is 22.9 Å². The molecule has 12 heteroatoms. The van der Waals surface area contributed by atoms with Crippen LogP contribution in [-0.4, -0.2) is 60.0 Å². The summed E-state index contributed by atoms with van der Waals surface area (Å²) < 4.78 is 42.3. The largest absolute Gasteiger partial charge is 0.573 e. The summed E-state index contributed by atoms with van der Waals surface area (Å²) in [6, 6.07) is 5.09. The molecule has 8 nitrogen and oxygen atoms in total. The minimum absolute atomic E-state index is 0.232. The van der Waals surface area contributed by atoms with Gasteiger partial charge in [-0.1, -0.05) is 23.9 Å². The van der Waals surface area contributed by atoms with Crippen LogP contribution < -0.4 is 4.74 Å². The van der Waals surface area contributed by atoms with E-state index < -0.39 is 30.5 Å². The maximum absolute atomic E-state index is 12.3. The summed E-state index contributed by atoms with van der Waals surface area (Å²) >= 11 is 1.34. The summed E-state index contributed by atoms with van der Waals surface area (Å²) in [6.45, 7) is -0.232. The smallest absolute Gasteiger partial charge is 0.406 e. The van der Waals surface area contributed by atoms with Crippen LogP contribution in [0.5, 0.6) is 5.75 Å². The number of rotatable bonds is 6. The van der Waals surface area contributed by atoms with Gasteiger partial charge in [0.05, 0.1) is 18.5 Å². The monoisotopic (exact) mass is 456 g/mol. The molecule has 4 rings (SSSR count). The molecule has 1 aromatic carbocycles. The second-order valence-corrected chi connectivity index (χ2v) is 8.17. The fourth-order valence-electron chi connectivity index (χ4n) is 3.67. The molecule has 2 heterocycles. The zero-order valence-electron chi connectivity index (χ0n) is 16.0. The Kier molecular flexibility index (Phi) is 6.06. The molecule has 166 valence electrons. The van der Waals surface area contributed by atoms with E-state index in [4.69, 9.17) is 0 Å². The molecule has 1 aliphatic carbocycles. The highest BCUT2D eigenvalue weighted by Gasteiger charge is 2.42. The van der Waals surface area contributed by atoms with Gasteiger partial charge < -0.3 is 24.6 Å². The molecule has 3 N–H and O–H groups in total. The predicted molar refractivity (Wildman–Crippen MR) is 104 cm³/mol. The van der Waals surface area contributed by atoms with E-state index in [-0.39, 0.29) is 12.4 Å². The predicted octanol–water partition coefficient (Wildman–Crippen LogP) is 2.29. The lowest BCUT2D eigenvalue weighted by Crippen LogP contribution is -2.30. The van der Waals surface area contributed by atoms with E-state index >= 15 is 0 Å². The first-order valence-electron chi connectivity index (χ1n) is 9.39. The summed E-state index contributed by atoms with van der Waals surface area (Å²) in [5, 5.41) is 30.4. The SMILES string of the molecule is OC[C@H]1C[C@@H](n2cnc3c(SCc4ccc(OC(F)(F)F)cc4)ncnc32)[C@H](O)[C@@H]1O. The van der Waals surface area contributed by atoms with Crippen molar-refractivity contribution in [1.82, 2.24) is 19.5 Å². The van der Waals surface area contributed by atoms with Gasteiger partial charge in [0.15, 0.2) is 5.65 Å². The van der Waals surface area contributed by atoms with Gasteiger partial charge in [0.1, 0.15) is 28.7 Å². The van der Waals surface area contributed by atoms with E-state index in [2.05, 4.69) is 19.7 Å². The van der Waals surface area contributed by atoms with E-state index in [1.54, 1.807) is 4.57 Å². The molecule has 0 bridgehead atoms. The lowest BCUT2D eigenvalue weighted by molar-refractivity contribution is -0.274. The number of halogens is 3. The van der Waals surface area contributed by atoms with Crippen molar-refractivity contribution in [1.29, 1.82) is 0 Å². The Morgan fingerprint density at radius 3 is 2.48 bits per heavy atom. The molecule has 1 fully saturated rings. The number of nitrogens with zero attached hydrogens (tertiary/aromatic N) is 4. The Labute approximate surface area is 178 Å². The Hall–Kier alpha value is -2.41. The van der Waals surface area contributed by atoms with E-state index in [9.17, 15) is 28.5 Å². The third-order valence-electron chi connectivity index (χ3n) is 5.22. The number of hydrogen-bond donors (Lipinski definition) is 3. The van der Waals surface area contributed by atoms with Gasteiger partial charge in [-0.3, -0.25) is 0 Å². The normalized spacial score (nSPS) is 24.1. The van der Waals surface area contributed by atoms with Crippen molar-refractivity contribution in [3.8, 4) is 5.75 Å². The number of alkyl halides is 3. The van der Waals surface area contributed by atoms with Gasteiger partial charge in [-0.2, -0.15) is 0 Å². The van der Waals surface area contributed by atoms with Crippen LogP contribution in [0.1, 0.15) is 18.0 Å². The second kappa shape index (κ2) is 8.61. The average molecular weight is 456 g/mol. The minimum atomic E-state index is -4.73. The van der Waals surface area contributed by atoms with Crippen molar-refractivity contribution < 1.29 is 33.2 Å². The van der Waals surface area contributed by atoms with Gasteiger partial charge in [0, 0.05) is 18.3 Å². The Morgan fingerprint density at radius 1 is 1.10 bits per heavy atom. The summed E-state index contributed by atoms with van der Waals surface area (Å²) in [5.41, 5.74) is 1.77. The van der Waals surface area contributed by atoms with E-state index in [0.717, 1.165) is 5.56 Å². The topological polar surface area (TPSA) is 114 Å². The van der Waals surface area contributed by atoms with Crippen LogP contribution in [0.4, 0.5) is 13.2 Å². The average Bonchev–Trinajstić information content (AvgIpc) is 3.28. The molecule has 0 aliphatic heterocycles. The summed E-state index contributed by atoms with van der Waals surface area (Å²) in [5.74, 6) is -0.289. The van der Waals surface area contributed by atoms with Crippen LogP contribution in [0.25, 0.3) is 11.2 Å². The molecule has 0 spiro atoms. The van der Waals surface area contributed by atoms with Crippen LogP contribution >= 0.6 is 11.8 Å². The van der Waals surface area contributed by atoms with Crippen molar-refractivity contribution in [2.24, 2.45) is 5.92 Å². The van der Waals surface area contributed by atoms with Crippen molar-refractivity contribution in [3.05, 3.63) is 42.5 Å². The van der Waals surface area contributed by atoms with E-state index in [1.165, 1.54) is 48.7 Å². The second-order valence-electron chi connectivity index (χ2n) is 7.21.